The van der Waals surface area contributed by atoms with Crippen molar-refractivity contribution in [1.29, 1.82) is 0 Å². The molecule has 0 heterocycles. The first-order chi connectivity index (χ1) is 8.88. The molecule has 0 spiro atoms. The van der Waals surface area contributed by atoms with Crippen molar-refractivity contribution >= 4 is 11.9 Å². The standard InChI is InChI=1S/C15H28O4/c1-6-7-8-9-10-14(11(2)3)15(17)19-13(5)18-12(4)16/h11,13-14H,6-10H2,1-5H3/t13?,14-/m1/s1. The van der Waals surface area contributed by atoms with Crippen molar-refractivity contribution in [2.75, 3.05) is 0 Å². The van der Waals surface area contributed by atoms with Gasteiger partial charge in [0, 0.05) is 13.8 Å². The predicted octanol–water partition coefficient (Wildman–Crippen LogP) is 3.68. The van der Waals surface area contributed by atoms with Gasteiger partial charge < -0.3 is 9.47 Å². The molecule has 0 aliphatic heterocycles. The van der Waals surface area contributed by atoms with Gasteiger partial charge in [-0.2, -0.15) is 0 Å². The van der Waals surface area contributed by atoms with E-state index in [4.69, 9.17) is 9.47 Å². The summed E-state index contributed by atoms with van der Waals surface area (Å²) in [6, 6.07) is 0. The van der Waals surface area contributed by atoms with Gasteiger partial charge in [0.2, 0.25) is 6.29 Å². The predicted molar refractivity (Wildman–Crippen MR) is 74.4 cm³/mol. The molecular weight excluding hydrogens is 244 g/mol. The summed E-state index contributed by atoms with van der Waals surface area (Å²) in [4.78, 5) is 22.8. The maximum absolute atomic E-state index is 12.0. The Bertz CT molecular complexity index is 273. The lowest BCUT2D eigenvalue weighted by molar-refractivity contribution is -0.187. The van der Waals surface area contributed by atoms with Crippen molar-refractivity contribution in [3.63, 3.8) is 0 Å². The van der Waals surface area contributed by atoms with Gasteiger partial charge >= 0.3 is 11.9 Å². The first-order valence-electron chi connectivity index (χ1n) is 7.26. The largest absolute Gasteiger partial charge is 0.426 e. The average Bonchev–Trinajstić information content (AvgIpc) is 2.26. The summed E-state index contributed by atoms with van der Waals surface area (Å²) in [6.07, 6.45) is 4.59. The third-order valence-corrected chi connectivity index (χ3v) is 3.09. The van der Waals surface area contributed by atoms with E-state index in [-0.39, 0.29) is 17.8 Å². The van der Waals surface area contributed by atoms with Gasteiger partial charge in [0.25, 0.3) is 0 Å². The smallest absolute Gasteiger partial charge is 0.312 e. The fraction of sp³-hybridized carbons (Fsp3) is 0.867. The number of esters is 2. The molecule has 0 aromatic heterocycles. The highest BCUT2D eigenvalue weighted by Gasteiger charge is 2.25. The van der Waals surface area contributed by atoms with E-state index in [1.807, 2.05) is 13.8 Å². The quantitative estimate of drug-likeness (QED) is 0.365. The molecule has 0 aromatic carbocycles. The molecule has 1 unspecified atom stereocenters. The van der Waals surface area contributed by atoms with Crippen LogP contribution in [0.5, 0.6) is 0 Å². The lowest BCUT2D eigenvalue weighted by Crippen LogP contribution is -2.28. The monoisotopic (exact) mass is 272 g/mol. The van der Waals surface area contributed by atoms with E-state index in [2.05, 4.69) is 6.92 Å². The molecule has 0 aliphatic rings. The number of hydrogen-bond donors (Lipinski definition) is 0. The van der Waals surface area contributed by atoms with Crippen LogP contribution in [-0.2, 0) is 19.1 Å². The molecule has 0 fully saturated rings. The molecule has 4 heteroatoms. The van der Waals surface area contributed by atoms with Crippen molar-refractivity contribution in [3.8, 4) is 0 Å². The molecular formula is C15H28O4. The Morgan fingerprint density at radius 3 is 2.11 bits per heavy atom. The minimum atomic E-state index is -0.804. The summed E-state index contributed by atoms with van der Waals surface area (Å²) in [5.74, 6) is -0.585. The van der Waals surface area contributed by atoms with Crippen molar-refractivity contribution in [2.45, 2.75) is 73.0 Å². The molecule has 0 rings (SSSR count). The zero-order valence-corrected chi connectivity index (χ0v) is 12.9. The Morgan fingerprint density at radius 2 is 1.63 bits per heavy atom. The van der Waals surface area contributed by atoms with Crippen LogP contribution in [0.2, 0.25) is 0 Å². The number of hydrogen-bond acceptors (Lipinski definition) is 4. The van der Waals surface area contributed by atoms with Crippen LogP contribution in [0.4, 0.5) is 0 Å². The van der Waals surface area contributed by atoms with Gasteiger partial charge in [-0.1, -0.05) is 46.5 Å². The lowest BCUT2D eigenvalue weighted by atomic mass is 9.90. The van der Waals surface area contributed by atoms with Crippen LogP contribution in [0, 0.1) is 11.8 Å². The highest BCUT2D eigenvalue weighted by atomic mass is 16.7. The molecule has 0 saturated heterocycles. The van der Waals surface area contributed by atoms with E-state index in [9.17, 15) is 9.59 Å². The average molecular weight is 272 g/mol. The van der Waals surface area contributed by atoms with Crippen LogP contribution in [0.25, 0.3) is 0 Å². The lowest BCUT2D eigenvalue weighted by Gasteiger charge is -2.21. The van der Waals surface area contributed by atoms with Crippen molar-refractivity contribution in [2.24, 2.45) is 11.8 Å². The van der Waals surface area contributed by atoms with E-state index in [1.165, 1.54) is 19.8 Å². The van der Waals surface area contributed by atoms with Crippen LogP contribution < -0.4 is 0 Å². The molecule has 112 valence electrons. The number of carbonyl (C=O) groups is 2. The number of carbonyl (C=O) groups excluding carboxylic acids is 2. The summed E-state index contributed by atoms with van der Waals surface area (Å²) in [5.41, 5.74) is 0. The summed E-state index contributed by atoms with van der Waals surface area (Å²) >= 11 is 0. The molecule has 0 radical (unpaired) electrons. The van der Waals surface area contributed by atoms with E-state index < -0.39 is 12.3 Å². The molecule has 0 bridgehead atoms. The van der Waals surface area contributed by atoms with Gasteiger partial charge in [0.15, 0.2) is 0 Å². The first kappa shape index (κ1) is 17.9. The van der Waals surface area contributed by atoms with Crippen LogP contribution in [0.3, 0.4) is 0 Å². The zero-order valence-electron chi connectivity index (χ0n) is 12.9. The Morgan fingerprint density at radius 1 is 1.00 bits per heavy atom. The molecule has 2 atom stereocenters. The van der Waals surface area contributed by atoms with Crippen LogP contribution in [0.1, 0.15) is 66.7 Å². The SMILES string of the molecule is CCCCCC[C@@H](C(=O)OC(C)OC(C)=O)C(C)C. The van der Waals surface area contributed by atoms with Gasteiger partial charge in [-0.3, -0.25) is 9.59 Å². The highest BCUT2D eigenvalue weighted by Crippen LogP contribution is 2.21. The second-order valence-electron chi connectivity index (χ2n) is 5.31. The van der Waals surface area contributed by atoms with Crippen LogP contribution in [0.15, 0.2) is 0 Å². The van der Waals surface area contributed by atoms with Gasteiger partial charge in [-0.15, -0.1) is 0 Å². The van der Waals surface area contributed by atoms with Gasteiger partial charge in [0.05, 0.1) is 5.92 Å². The Kier molecular flexibility index (Phi) is 9.27. The molecule has 0 N–H and O–H groups in total. The van der Waals surface area contributed by atoms with Crippen molar-refractivity contribution < 1.29 is 19.1 Å². The number of ether oxygens (including phenoxy) is 2. The molecule has 0 amide bonds. The topological polar surface area (TPSA) is 52.6 Å². The Hall–Kier alpha value is -1.06. The third kappa shape index (κ3) is 8.62. The minimum absolute atomic E-state index is 0.116. The normalized spacial score (nSPS) is 14.0. The van der Waals surface area contributed by atoms with Crippen molar-refractivity contribution in [3.05, 3.63) is 0 Å². The molecule has 0 saturated carbocycles. The maximum Gasteiger partial charge on any atom is 0.312 e. The second-order valence-corrected chi connectivity index (χ2v) is 5.31. The van der Waals surface area contributed by atoms with E-state index >= 15 is 0 Å². The second kappa shape index (κ2) is 9.82. The fourth-order valence-electron chi connectivity index (χ4n) is 2.02. The highest BCUT2D eigenvalue weighted by molar-refractivity contribution is 5.73. The van der Waals surface area contributed by atoms with E-state index in [0.717, 1.165) is 19.3 Å². The summed E-state index contributed by atoms with van der Waals surface area (Å²) in [7, 11) is 0. The Balaban J connectivity index is 4.21. The van der Waals surface area contributed by atoms with Crippen LogP contribution >= 0.6 is 0 Å². The van der Waals surface area contributed by atoms with Gasteiger partial charge in [-0.25, -0.2) is 0 Å². The first-order valence-corrected chi connectivity index (χ1v) is 7.26. The van der Waals surface area contributed by atoms with Crippen molar-refractivity contribution in [1.82, 2.24) is 0 Å². The van der Waals surface area contributed by atoms with E-state index in [0.29, 0.717) is 0 Å². The molecule has 19 heavy (non-hydrogen) atoms. The number of rotatable bonds is 9. The minimum Gasteiger partial charge on any atom is -0.426 e. The molecule has 4 nitrogen and oxygen atoms in total. The van der Waals surface area contributed by atoms with Gasteiger partial charge in [-0.05, 0) is 12.3 Å². The molecule has 0 aliphatic carbocycles. The van der Waals surface area contributed by atoms with Crippen LogP contribution in [-0.4, -0.2) is 18.2 Å². The number of unbranched alkanes of at least 4 members (excludes halogenated alkanes) is 3. The maximum atomic E-state index is 12.0. The molecule has 0 aromatic rings. The third-order valence-electron chi connectivity index (χ3n) is 3.09. The Labute approximate surface area is 116 Å². The summed E-state index contributed by atoms with van der Waals surface area (Å²) in [6.45, 7) is 9.06. The summed E-state index contributed by atoms with van der Waals surface area (Å²) < 4.78 is 9.97. The zero-order chi connectivity index (χ0) is 14.8. The fourth-order valence-corrected chi connectivity index (χ4v) is 2.02. The van der Waals surface area contributed by atoms with E-state index in [1.54, 1.807) is 6.92 Å². The summed E-state index contributed by atoms with van der Waals surface area (Å²) in [5, 5.41) is 0. The van der Waals surface area contributed by atoms with Gasteiger partial charge in [0.1, 0.15) is 0 Å².